The Hall–Kier alpha value is -1.26. The zero-order chi connectivity index (χ0) is 10.7. The molecule has 5 nitrogen and oxygen atoms in total. The van der Waals surface area contributed by atoms with Crippen molar-refractivity contribution >= 4 is 12.1 Å². The molecule has 0 heterocycles. The Bertz CT molecular complexity index is 139. The molecule has 0 radical (unpaired) electrons. The summed E-state index contributed by atoms with van der Waals surface area (Å²) in [5, 5.41) is 22.2. The predicted octanol–water partition coefficient (Wildman–Crippen LogP) is 2.26. The minimum Gasteiger partial charge on any atom is -0.481 e. The van der Waals surface area contributed by atoms with Gasteiger partial charge in [-0.2, -0.15) is 0 Å². The molecule has 0 amide bonds. The van der Waals surface area contributed by atoms with Crippen molar-refractivity contribution in [2.45, 2.75) is 39.0 Å². The topological polar surface area (TPSA) is 94.8 Å². The Balaban J connectivity index is 0. The van der Waals surface area contributed by atoms with E-state index >= 15 is 0 Å². The Kier molecular flexibility index (Phi) is 11.8. The van der Waals surface area contributed by atoms with Gasteiger partial charge in [0.05, 0.1) is 0 Å². The molecule has 3 N–H and O–H groups in total. The summed E-state index contributed by atoms with van der Waals surface area (Å²) in [6.07, 6.45) is 2.72. The van der Waals surface area contributed by atoms with E-state index in [2.05, 4.69) is 6.92 Å². The third-order valence-electron chi connectivity index (χ3n) is 1.24. The number of aliphatic carboxylic acids is 1. The molecule has 0 aliphatic heterocycles. The summed E-state index contributed by atoms with van der Waals surface area (Å²) in [5.41, 5.74) is 0. The van der Waals surface area contributed by atoms with Gasteiger partial charge in [-0.15, -0.1) is 0 Å². The van der Waals surface area contributed by atoms with Crippen LogP contribution >= 0.6 is 0 Å². The molecular weight excluding hydrogens is 176 g/mol. The Morgan fingerprint density at radius 2 is 1.46 bits per heavy atom. The highest BCUT2D eigenvalue weighted by Gasteiger charge is 1.93. The molecule has 0 aromatic carbocycles. The number of hydrogen-bond acceptors (Lipinski definition) is 2. The van der Waals surface area contributed by atoms with E-state index in [4.69, 9.17) is 20.1 Å². The molecule has 0 unspecified atom stereocenters. The Morgan fingerprint density at radius 3 is 1.77 bits per heavy atom. The molecular formula is C8H16O5. The van der Waals surface area contributed by atoms with Crippen LogP contribution < -0.4 is 0 Å². The van der Waals surface area contributed by atoms with E-state index in [-0.39, 0.29) is 0 Å². The molecule has 0 aromatic heterocycles. The van der Waals surface area contributed by atoms with Gasteiger partial charge in [0.1, 0.15) is 0 Å². The summed E-state index contributed by atoms with van der Waals surface area (Å²) >= 11 is 0. The molecule has 0 bridgehead atoms. The number of unbranched alkanes of at least 4 members (excludes halogenated alkanes) is 3. The van der Waals surface area contributed by atoms with Crippen LogP contribution in [0.2, 0.25) is 0 Å². The first-order chi connectivity index (χ1) is 6.00. The fraction of sp³-hybridized carbons (Fsp3) is 0.750. The van der Waals surface area contributed by atoms with Crippen molar-refractivity contribution in [3.8, 4) is 0 Å². The number of carboxylic acid groups (broad SMARTS) is 3. The van der Waals surface area contributed by atoms with Crippen LogP contribution in [0.25, 0.3) is 0 Å². The monoisotopic (exact) mass is 192 g/mol. The molecule has 0 aliphatic rings. The molecule has 0 aliphatic carbocycles. The van der Waals surface area contributed by atoms with E-state index < -0.39 is 12.1 Å². The van der Waals surface area contributed by atoms with Crippen molar-refractivity contribution in [2.24, 2.45) is 0 Å². The standard InChI is InChI=1S/C7H14O2.CH2O3/c1-2-3-4-5-6-7(8)9;2-1(3)4/h2-6H2,1H3,(H,8,9);(H2,2,3,4). The number of carbonyl (C=O) groups is 2. The third kappa shape index (κ3) is 36.5. The second-order valence-electron chi connectivity index (χ2n) is 2.49. The fourth-order valence-electron chi connectivity index (χ4n) is 0.703. The summed E-state index contributed by atoms with van der Waals surface area (Å²) in [6, 6.07) is 0. The van der Waals surface area contributed by atoms with Crippen LogP contribution in [0.15, 0.2) is 0 Å². The first-order valence-corrected chi connectivity index (χ1v) is 4.14. The summed E-state index contributed by atoms with van der Waals surface area (Å²) in [5.74, 6) is -0.675. The van der Waals surface area contributed by atoms with E-state index in [0.29, 0.717) is 6.42 Å². The van der Waals surface area contributed by atoms with Crippen molar-refractivity contribution in [3.05, 3.63) is 0 Å². The second kappa shape index (κ2) is 10.7. The Labute approximate surface area is 77.0 Å². The minimum absolute atomic E-state index is 0.333. The zero-order valence-electron chi connectivity index (χ0n) is 7.69. The van der Waals surface area contributed by atoms with Gasteiger partial charge in [-0.25, -0.2) is 4.79 Å². The highest BCUT2D eigenvalue weighted by molar-refractivity contribution is 5.66. The van der Waals surface area contributed by atoms with E-state index in [0.717, 1.165) is 19.3 Å². The van der Waals surface area contributed by atoms with Crippen LogP contribution in [0.4, 0.5) is 4.79 Å². The average Bonchev–Trinajstić information content (AvgIpc) is 1.97. The molecule has 13 heavy (non-hydrogen) atoms. The molecule has 0 atom stereocenters. The SMILES string of the molecule is CCCCCCC(=O)O.O=C(O)O. The van der Waals surface area contributed by atoms with Gasteiger partial charge in [-0.3, -0.25) is 4.79 Å². The minimum atomic E-state index is -1.83. The lowest BCUT2D eigenvalue weighted by atomic mass is 10.2. The van der Waals surface area contributed by atoms with E-state index in [1.54, 1.807) is 0 Å². The van der Waals surface area contributed by atoms with Crippen LogP contribution in [0.1, 0.15) is 39.0 Å². The lowest BCUT2D eigenvalue weighted by Crippen LogP contribution is -1.92. The van der Waals surface area contributed by atoms with Gasteiger partial charge in [0.15, 0.2) is 0 Å². The van der Waals surface area contributed by atoms with Crippen molar-refractivity contribution in [2.75, 3.05) is 0 Å². The van der Waals surface area contributed by atoms with Crippen LogP contribution in [0, 0.1) is 0 Å². The van der Waals surface area contributed by atoms with Gasteiger partial charge in [0.25, 0.3) is 0 Å². The van der Waals surface area contributed by atoms with Gasteiger partial charge in [0, 0.05) is 6.42 Å². The number of carboxylic acids is 1. The molecule has 5 heteroatoms. The molecule has 0 spiro atoms. The lowest BCUT2D eigenvalue weighted by molar-refractivity contribution is -0.137. The van der Waals surface area contributed by atoms with Gasteiger partial charge in [0.2, 0.25) is 0 Å². The highest BCUT2D eigenvalue weighted by Crippen LogP contribution is 2.01. The highest BCUT2D eigenvalue weighted by atomic mass is 16.6. The van der Waals surface area contributed by atoms with Gasteiger partial charge in [-0.1, -0.05) is 26.2 Å². The smallest absolute Gasteiger partial charge is 0.481 e. The van der Waals surface area contributed by atoms with Crippen LogP contribution in [-0.4, -0.2) is 27.4 Å². The van der Waals surface area contributed by atoms with E-state index in [9.17, 15) is 4.79 Å². The summed E-state index contributed by atoms with van der Waals surface area (Å²) in [6.45, 7) is 2.11. The quantitative estimate of drug-likeness (QED) is 0.581. The normalized spacial score (nSPS) is 8.38. The van der Waals surface area contributed by atoms with Crippen LogP contribution in [-0.2, 0) is 4.79 Å². The van der Waals surface area contributed by atoms with Crippen molar-refractivity contribution in [3.63, 3.8) is 0 Å². The fourth-order valence-corrected chi connectivity index (χ4v) is 0.703. The first-order valence-electron chi connectivity index (χ1n) is 4.14. The van der Waals surface area contributed by atoms with Gasteiger partial charge >= 0.3 is 12.1 Å². The van der Waals surface area contributed by atoms with Gasteiger partial charge in [-0.05, 0) is 6.42 Å². The zero-order valence-corrected chi connectivity index (χ0v) is 7.69. The van der Waals surface area contributed by atoms with Gasteiger partial charge < -0.3 is 15.3 Å². The average molecular weight is 192 g/mol. The van der Waals surface area contributed by atoms with Crippen molar-refractivity contribution in [1.82, 2.24) is 0 Å². The Morgan fingerprint density at radius 1 is 1.00 bits per heavy atom. The molecule has 0 fully saturated rings. The third-order valence-corrected chi connectivity index (χ3v) is 1.24. The molecule has 0 rings (SSSR count). The second-order valence-corrected chi connectivity index (χ2v) is 2.49. The summed E-state index contributed by atoms with van der Waals surface area (Å²) < 4.78 is 0. The molecule has 0 aromatic rings. The van der Waals surface area contributed by atoms with E-state index in [1.807, 2.05) is 0 Å². The maximum Gasteiger partial charge on any atom is 0.503 e. The van der Waals surface area contributed by atoms with Crippen molar-refractivity contribution < 1.29 is 24.9 Å². The molecule has 78 valence electrons. The maximum atomic E-state index is 9.96. The largest absolute Gasteiger partial charge is 0.503 e. The molecule has 0 saturated heterocycles. The van der Waals surface area contributed by atoms with Crippen molar-refractivity contribution in [1.29, 1.82) is 0 Å². The maximum absolute atomic E-state index is 9.96. The number of hydrogen-bond donors (Lipinski definition) is 3. The summed E-state index contributed by atoms with van der Waals surface area (Å²) in [4.78, 5) is 18.5. The van der Waals surface area contributed by atoms with Crippen LogP contribution in [0.5, 0.6) is 0 Å². The first kappa shape index (κ1) is 14.3. The van der Waals surface area contributed by atoms with Crippen LogP contribution in [0.3, 0.4) is 0 Å². The molecule has 0 saturated carbocycles. The van der Waals surface area contributed by atoms with E-state index in [1.165, 1.54) is 6.42 Å². The number of rotatable bonds is 5. The summed E-state index contributed by atoms with van der Waals surface area (Å²) in [7, 11) is 0. The predicted molar refractivity (Wildman–Crippen MR) is 47.0 cm³/mol. The lowest BCUT2D eigenvalue weighted by Gasteiger charge is -1.92.